The molecule has 3 nitrogen and oxygen atoms in total. The molecule has 0 aromatic rings. The van der Waals surface area contributed by atoms with Crippen molar-refractivity contribution in [3.8, 4) is 0 Å². The molecule has 3 N–H and O–H groups in total. The van der Waals surface area contributed by atoms with Crippen LogP contribution in [0.25, 0.3) is 0 Å². The van der Waals surface area contributed by atoms with Crippen LogP contribution in [0.3, 0.4) is 0 Å². The van der Waals surface area contributed by atoms with Gasteiger partial charge in [0.25, 0.3) is 0 Å². The minimum absolute atomic E-state index is 0.181. The average molecular weight is 362 g/mol. The molecule has 3 heteroatoms. The number of rotatable bonds is 3. The first-order chi connectivity index (χ1) is 12.3. The zero-order chi connectivity index (χ0) is 18.7. The number of nitrogens with two attached hydrogens (primary N) is 1. The number of carbonyl (C=O) groups excluding carboxylic acids is 1. The summed E-state index contributed by atoms with van der Waals surface area (Å²) in [5, 5.41) is 10.2. The first-order valence-corrected chi connectivity index (χ1v) is 11.2. The summed E-state index contributed by atoms with van der Waals surface area (Å²) in [6.07, 6.45) is 9.60. The number of hydrogen-bond donors (Lipinski definition) is 2. The predicted molar refractivity (Wildman–Crippen MR) is 104 cm³/mol. The third kappa shape index (κ3) is 2.64. The highest BCUT2D eigenvalue weighted by Crippen LogP contribution is 2.67. The van der Waals surface area contributed by atoms with E-state index in [-0.39, 0.29) is 11.5 Å². The Hall–Kier alpha value is -0.410. The van der Waals surface area contributed by atoms with Gasteiger partial charge in [0.05, 0.1) is 6.10 Å². The molecule has 0 aromatic heterocycles. The molecule has 5 unspecified atom stereocenters. The highest BCUT2D eigenvalue weighted by molar-refractivity contribution is 5.83. The maximum absolute atomic E-state index is 13.3. The third-order valence-electron chi connectivity index (χ3n) is 9.82. The molecular formula is C23H39NO2. The molecule has 0 bridgehead atoms. The van der Waals surface area contributed by atoms with Gasteiger partial charge in [0.2, 0.25) is 0 Å². The predicted octanol–water partition coefficient (Wildman–Crippen LogP) is 4.17. The minimum atomic E-state index is -0.181. The number of Topliss-reactive ketones (excluding diaryl/α,β-unsaturated/α-hetero) is 1. The summed E-state index contributed by atoms with van der Waals surface area (Å²) in [6, 6.07) is 0. The highest BCUT2D eigenvalue weighted by atomic mass is 16.3. The molecule has 0 heterocycles. The standard InChI is InChI=1S/C23H39NO2/c1-14(8-11-24)17-4-5-18-21-19(7-10-23(17,18)3)22(2)9-6-16(25)12-15(22)13-20(21)26/h14-19,21,25H,4-13,24H2,1-3H3/t14?,15?,16-,17-,18?,19?,21?,22+,23-/m1/s1. The van der Waals surface area contributed by atoms with Crippen LogP contribution in [0.1, 0.15) is 78.6 Å². The van der Waals surface area contributed by atoms with Gasteiger partial charge in [-0.25, -0.2) is 0 Å². The van der Waals surface area contributed by atoms with Gasteiger partial charge in [0.15, 0.2) is 0 Å². The number of carbonyl (C=O) groups is 1. The van der Waals surface area contributed by atoms with Crippen LogP contribution in [0.5, 0.6) is 0 Å². The Kier molecular flexibility index (Phi) is 4.79. The highest BCUT2D eigenvalue weighted by Gasteiger charge is 2.62. The fourth-order valence-electron chi connectivity index (χ4n) is 8.35. The molecular weight excluding hydrogens is 322 g/mol. The Balaban J connectivity index is 1.62. The van der Waals surface area contributed by atoms with Gasteiger partial charge < -0.3 is 10.8 Å². The van der Waals surface area contributed by atoms with Crippen molar-refractivity contribution in [2.24, 2.45) is 52.1 Å². The zero-order valence-corrected chi connectivity index (χ0v) is 17.0. The van der Waals surface area contributed by atoms with Crippen molar-refractivity contribution in [2.45, 2.75) is 84.7 Å². The molecule has 9 atom stereocenters. The van der Waals surface area contributed by atoms with Gasteiger partial charge in [-0.15, -0.1) is 0 Å². The van der Waals surface area contributed by atoms with E-state index in [1.165, 1.54) is 25.7 Å². The van der Waals surface area contributed by atoms with Gasteiger partial charge in [0.1, 0.15) is 5.78 Å². The van der Waals surface area contributed by atoms with Gasteiger partial charge >= 0.3 is 0 Å². The molecule has 148 valence electrons. The summed E-state index contributed by atoms with van der Waals surface area (Å²) in [4.78, 5) is 13.3. The number of fused-ring (bicyclic) bond motifs is 5. The second kappa shape index (κ2) is 6.58. The van der Waals surface area contributed by atoms with Crippen LogP contribution >= 0.6 is 0 Å². The summed E-state index contributed by atoms with van der Waals surface area (Å²) < 4.78 is 0. The van der Waals surface area contributed by atoms with E-state index in [4.69, 9.17) is 5.73 Å². The van der Waals surface area contributed by atoms with E-state index < -0.39 is 0 Å². The fourth-order valence-corrected chi connectivity index (χ4v) is 8.35. The molecule has 0 spiro atoms. The lowest BCUT2D eigenvalue weighted by Crippen LogP contribution is -2.57. The van der Waals surface area contributed by atoms with Crippen molar-refractivity contribution < 1.29 is 9.90 Å². The summed E-state index contributed by atoms with van der Waals surface area (Å²) in [5.74, 6) is 3.81. The molecule has 26 heavy (non-hydrogen) atoms. The largest absolute Gasteiger partial charge is 0.393 e. The molecule has 4 rings (SSSR count). The summed E-state index contributed by atoms with van der Waals surface area (Å²) in [7, 11) is 0. The van der Waals surface area contributed by atoms with E-state index in [1.54, 1.807) is 0 Å². The van der Waals surface area contributed by atoms with Crippen LogP contribution in [0.2, 0.25) is 0 Å². The Morgan fingerprint density at radius 1 is 1.12 bits per heavy atom. The lowest BCUT2D eigenvalue weighted by molar-refractivity contribution is -0.160. The number of aliphatic hydroxyl groups excluding tert-OH is 1. The van der Waals surface area contributed by atoms with Crippen LogP contribution in [-0.4, -0.2) is 23.5 Å². The van der Waals surface area contributed by atoms with Crippen molar-refractivity contribution >= 4 is 5.78 Å². The van der Waals surface area contributed by atoms with Crippen LogP contribution in [0.4, 0.5) is 0 Å². The Bertz CT molecular complexity index is 562. The van der Waals surface area contributed by atoms with Crippen LogP contribution in [0.15, 0.2) is 0 Å². The van der Waals surface area contributed by atoms with Crippen molar-refractivity contribution in [1.82, 2.24) is 0 Å². The number of aliphatic hydroxyl groups is 1. The van der Waals surface area contributed by atoms with Crippen molar-refractivity contribution in [1.29, 1.82) is 0 Å². The summed E-state index contributed by atoms with van der Waals surface area (Å²) >= 11 is 0. The van der Waals surface area contributed by atoms with E-state index >= 15 is 0 Å². The van der Waals surface area contributed by atoms with E-state index in [2.05, 4.69) is 20.8 Å². The lowest BCUT2D eigenvalue weighted by Gasteiger charge is -2.60. The molecule has 0 amide bonds. The van der Waals surface area contributed by atoms with Crippen LogP contribution < -0.4 is 5.73 Å². The Morgan fingerprint density at radius 3 is 2.54 bits per heavy atom. The van der Waals surface area contributed by atoms with E-state index in [9.17, 15) is 9.90 Å². The molecule has 0 radical (unpaired) electrons. The molecule has 0 saturated heterocycles. The SMILES string of the molecule is CC(CCN)[C@H]1CCC2C3C(=O)CC4C[C@H](O)CC[C@]4(C)C3CC[C@@]21C. The molecule has 0 aromatic carbocycles. The maximum atomic E-state index is 13.3. The van der Waals surface area contributed by atoms with Crippen molar-refractivity contribution in [3.63, 3.8) is 0 Å². The Labute approximate surface area is 159 Å². The smallest absolute Gasteiger partial charge is 0.136 e. The maximum Gasteiger partial charge on any atom is 0.136 e. The van der Waals surface area contributed by atoms with Crippen LogP contribution in [-0.2, 0) is 4.79 Å². The summed E-state index contributed by atoms with van der Waals surface area (Å²) in [6.45, 7) is 8.13. The quantitative estimate of drug-likeness (QED) is 0.793. The Morgan fingerprint density at radius 2 is 1.81 bits per heavy atom. The fraction of sp³-hybridized carbons (Fsp3) is 0.957. The third-order valence-corrected chi connectivity index (χ3v) is 9.82. The minimum Gasteiger partial charge on any atom is -0.393 e. The first-order valence-electron chi connectivity index (χ1n) is 11.2. The molecule has 4 aliphatic carbocycles. The second-order valence-corrected chi connectivity index (χ2v) is 10.8. The van der Waals surface area contributed by atoms with Crippen molar-refractivity contribution in [3.05, 3.63) is 0 Å². The first kappa shape index (κ1) is 18.9. The number of hydrogen-bond acceptors (Lipinski definition) is 3. The van der Waals surface area contributed by atoms with Gasteiger partial charge in [-0.05, 0) is 98.3 Å². The van der Waals surface area contributed by atoms with E-state index in [1.807, 2.05) is 0 Å². The second-order valence-electron chi connectivity index (χ2n) is 10.8. The molecule has 4 saturated carbocycles. The molecule has 4 aliphatic rings. The average Bonchev–Trinajstić information content (AvgIpc) is 2.94. The number of ketones is 1. The zero-order valence-electron chi connectivity index (χ0n) is 17.0. The van der Waals surface area contributed by atoms with Gasteiger partial charge in [0, 0.05) is 12.3 Å². The van der Waals surface area contributed by atoms with Crippen molar-refractivity contribution in [2.75, 3.05) is 6.54 Å². The van der Waals surface area contributed by atoms with Gasteiger partial charge in [-0.2, -0.15) is 0 Å². The monoisotopic (exact) mass is 361 g/mol. The molecule has 4 fully saturated rings. The lowest BCUT2D eigenvalue weighted by atomic mass is 9.44. The topological polar surface area (TPSA) is 63.3 Å². The summed E-state index contributed by atoms with van der Waals surface area (Å²) in [5.41, 5.74) is 6.48. The van der Waals surface area contributed by atoms with Gasteiger partial charge in [-0.1, -0.05) is 20.8 Å². The van der Waals surface area contributed by atoms with Gasteiger partial charge in [-0.3, -0.25) is 4.79 Å². The van der Waals surface area contributed by atoms with Crippen LogP contribution in [0, 0.1) is 46.3 Å². The molecule has 0 aliphatic heterocycles. The van der Waals surface area contributed by atoms with E-state index in [0.29, 0.717) is 40.8 Å². The normalized spacial score (nSPS) is 52.1. The van der Waals surface area contributed by atoms with E-state index in [0.717, 1.165) is 44.6 Å².